The molecular formula is C20H28N4O2. The van der Waals surface area contributed by atoms with Crippen molar-refractivity contribution in [3.05, 3.63) is 47.3 Å². The van der Waals surface area contributed by atoms with Crippen LogP contribution in [0.3, 0.4) is 0 Å². The molecule has 0 aliphatic rings. The number of ether oxygens (including phenoxy) is 1. The average molecular weight is 356 g/mol. The third kappa shape index (κ3) is 5.52. The molecule has 1 aromatic carbocycles. The summed E-state index contributed by atoms with van der Waals surface area (Å²) in [5.74, 6) is 0.211. The molecule has 0 aliphatic heterocycles. The van der Waals surface area contributed by atoms with Gasteiger partial charge in [0.05, 0.1) is 0 Å². The van der Waals surface area contributed by atoms with E-state index in [-0.39, 0.29) is 11.3 Å². The lowest BCUT2D eigenvalue weighted by Gasteiger charge is -2.23. The van der Waals surface area contributed by atoms with Crippen LogP contribution in [0, 0.1) is 6.92 Å². The SMILES string of the molecule is COCCCNC(=O)c1cc(C)nc(Nc2ccccc2C(C)(C)C)n1. The summed E-state index contributed by atoms with van der Waals surface area (Å²) in [5.41, 5.74) is 3.17. The van der Waals surface area contributed by atoms with Gasteiger partial charge in [-0.1, -0.05) is 39.0 Å². The second-order valence-corrected chi connectivity index (χ2v) is 7.24. The summed E-state index contributed by atoms with van der Waals surface area (Å²) in [6.07, 6.45) is 0.760. The van der Waals surface area contributed by atoms with Crippen LogP contribution in [0.2, 0.25) is 0 Å². The summed E-state index contributed by atoms with van der Waals surface area (Å²) in [6.45, 7) is 9.48. The Morgan fingerprint density at radius 1 is 1.19 bits per heavy atom. The van der Waals surface area contributed by atoms with E-state index >= 15 is 0 Å². The fourth-order valence-electron chi connectivity index (χ4n) is 2.62. The maximum absolute atomic E-state index is 12.3. The highest BCUT2D eigenvalue weighted by molar-refractivity contribution is 5.92. The smallest absolute Gasteiger partial charge is 0.270 e. The molecule has 1 amide bonds. The van der Waals surface area contributed by atoms with Crippen LogP contribution >= 0.6 is 0 Å². The predicted octanol–water partition coefficient (Wildman–Crippen LogP) is 3.59. The van der Waals surface area contributed by atoms with Crippen molar-refractivity contribution in [1.29, 1.82) is 0 Å². The van der Waals surface area contributed by atoms with Gasteiger partial charge in [0, 0.05) is 31.6 Å². The van der Waals surface area contributed by atoms with Crippen LogP contribution < -0.4 is 10.6 Å². The van der Waals surface area contributed by atoms with Gasteiger partial charge in [-0.25, -0.2) is 9.97 Å². The molecule has 2 N–H and O–H groups in total. The number of carbonyl (C=O) groups excluding carboxylic acids is 1. The Labute approximate surface area is 155 Å². The molecular weight excluding hydrogens is 328 g/mol. The zero-order valence-electron chi connectivity index (χ0n) is 16.2. The first kappa shape index (κ1) is 19.8. The molecule has 0 saturated carbocycles. The number of anilines is 2. The lowest BCUT2D eigenvalue weighted by molar-refractivity contribution is 0.0943. The number of benzene rings is 1. The highest BCUT2D eigenvalue weighted by Gasteiger charge is 2.18. The largest absolute Gasteiger partial charge is 0.385 e. The van der Waals surface area contributed by atoms with E-state index in [1.807, 2.05) is 25.1 Å². The van der Waals surface area contributed by atoms with E-state index in [9.17, 15) is 4.79 Å². The third-order valence-electron chi connectivity index (χ3n) is 3.88. The maximum atomic E-state index is 12.3. The number of para-hydroxylation sites is 1. The molecule has 0 unspecified atom stereocenters. The number of aryl methyl sites for hydroxylation is 1. The summed E-state index contributed by atoms with van der Waals surface area (Å²) in [4.78, 5) is 21.1. The number of nitrogens with zero attached hydrogens (tertiary/aromatic N) is 2. The fourth-order valence-corrected chi connectivity index (χ4v) is 2.62. The van der Waals surface area contributed by atoms with E-state index < -0.39 is 0 Å². The number of carbonyl (C=O) groups is 1. The van der Waals surface area contributed by atoms with E-state index in [0.717, 1.165) is 23.4 Å². The van der Waals surface area contributed by atoms with Gasteiger partial charge in [-0.3, -0.25) is 4.79 Å². The molecule has 0 spiro atoms. The van der Waals surface area contributed by atoms with Crippen molar-refractivity contribution in [2.24, 2.45) is 0 Å². The highest BCUT2D eigenvalue weighted by atomic mass is 16.5. The van der Waals surface area contributed by atoms with Crippen molar-refractivity contribution in [2.75, 3.05) is 25.6 Å². The van der Waals surface area contributed by atoms with Crippen LogP contribution in [-0.4, -0.2) is 36.1 Å². The van der Waals surface area contributed by atoms with Gasteiger partial charge in [0.25, 0.3) is 5.91 Å². The van der Waals surface area contributed by atoms with Crippen molar-refractivity contribution in [3.63, 3.8) is 0 Å². The maximum Gasteiger partial charge on any atom is 0.270 e. The van der Waals surface area contributed by atoms with Crippen molar-refractivity contribution in [3.8, 4) is 0 Å². The van der Waals surface area contributed by atoms with Gasteiger partial charge < -0.3 is 15.4 Å². The third-order valence-corrected chi connectivity index (χ3v) is 3.88. The molecule has 0 bridgehead atoms. The molecule has 0 fully saturated rings. The molecule has 1 aromatic heterocycles. The number of aromatic nitrogens is 2. The molecule has 0 atom stereocenters. The van der Waals surface area contributed by atoms with Gasteiger partial charge in [0.15, 0.2) is 0 Å². The lowest BCUT2D eigenvalue weighted by Crippen LogP contribution is -2.26. The Bertz CT molecular complexity index is 754. The first-order valence-corrected chi connectivity index (χ1v) is 8.80. The van der Waals surface area contributed by atoms with E-state index in [4.69, 9.17) is 4.74 Å². The summed E-state index contributed by atoms with van der Waals surface area (Å²) < 4.78 is 4.99. The summed E-state index contributed by atoms with van der Waals surface area (Å²) in [6, 6.07) is 9.75. The van der Waals surface area contributed by atoms with Gasteiger partial charge in [-0.15, -0.1) is 0 Å². The lowest BCUT2D eigenvalue weighted by atomic mass is 9.86. The number of hydrogen-bond donors (Lipinski definition) is 2. The van der Waals surface area contributed by atoms with Crippen LogP contribution in [0.15, 0.2) is 30.3 Å². The van der Waals surface area contributed by atoms with E-state index in [2.05, 4.69) is 47.4 Å². The predicted molar refractivity (Wildman–Crippen MR) is 104 cm³/mol. The molecule has 0 radical (unpaired) electrons. The number of rotatable bonds is 7. The number of nitrogens with one attached hydrogen (secondary N) is 2. The first-order chi connectivity index (χ1) is 12.3. The Hall–Kier alpha value is -2.47. The number of methoxy groups -OCH3 is 1. The molecule has 0 saturated heterocycles. The second-order valence-electron chi connectivity index (χ2n) is 7.24. The highest BCUT2D eigenvalue weighted by Crippen LogP contribution is 2.30. The van der Waals surface area contributed by atoms with Crippen LogP contribution in [0.25, 0.3) is 0 Å². The van der Waals surface area contributed by atoms with E-state index in [1.165, 1.54) is 0 Å². The summed E-state index contributed by atoms with van der Waals surface area (Å²) in [7, 11) is 1.64. The normalized spacial score (nSPS) is 11.3. The Morgan fingerprint density at radius 3 is 2.62 bits per heavy atom. The fraction of sp³-hybridized carbons (Fsp3) is 0.450. The Morgan fingerprint density at radius 2 is 1.92 bits per heavy atom. The van der Waals surface area contributed by atoms with Gasteiger partial charge in [0.1, 0.15) is 5.69 Å². The van der Waals surface area contributed by atoms with Gasteiger partial charge in [-0.05, 0) is 36.5 Å². The summed E-state index contributed by atoms with van der Waals surface area (Å²) in [5, 5.41) is 6.12. The van der Waals surface area contributed by atoms with Crippen molar-refractivity contribution in [2.45, 2.75) is 39.5 Å². The van der Waals surface area contributed by atoms with Crippen LogP contribution in [-0.2, 0) is 10.2 Å². The van der Waals surface area contributed by atoms with Crippen LogP contribution in [0.1, 0.15) is 48.9 Å². The van der Waals surface area contributed by atoms with Crippen molar-refractivity contribution < 1.29 is 9.53 Å². The van der Waals surface area contributed by atoms with Gasteiger partial charge in [0.2, 0.25) is 5.95 Å². The molecule has 2 aromatic rings. The van der Waals surface area contributed by atoms with Crippen LogP contribution in [0.5, 0.6) is 0 Å². The molecule has 140 valence electrons. The second kappa shape index (κ2) is 8.76. The van der Waals surface area contributed by atoms with Crippen molar-refractivity contribution >= 4 is 17.5 Å². The molecule has 6 nitrogen and oxygen atoms in total. The first-order valence-electron chi connectivity index (χ1n) is 8.80. The van der Waals surface area contributed by atoms with Crippen LogP contribution in [0.4, 0.5) is 11.6 Å². The zero-order valence-corrected chi connectivity index (χ0v) is 16.2. The minimum atomic E-state index is -0.209. The molecule has 0 aliphatic carbocycles. The molecule has 2 rings (SSSR count). The van der Waals surface area contributed by atoms with Gasteiger partial charge in [-0.2, -0.15) is 0 Å². The monoisotopic (exact) mass is 356 g/mol. The van der Waals surface area contributed by atoms with E-state index in [0.29, 0.717) is 24.8 Å². The van der Waals surface area contributed by atoms with Gasteiger partial charge >= 0.3 is 0 Å². The minimum absolute atomic E-state index is 0.0189. The Balaban J connectivity index is 2.19. The molecule has 26 heavy (non-hydrogen) atoms. The number of amides is 1. The van der Waals surface area contributed by atoms with Crippen molar-refractivity contribution in [1.82, 2.24) is 15.3 Å². The Kier molecular flexibility index (Phi) is 6.69. The molecule has 1 heterocycles. The number of hydrogen-bond acceptors (Lipinski definition) is 5. The average Bonchev–Trinajstić information content (AvgIpc) is 2.57. The topological polar surface area (TPSA) is 76.1 Å². The standard InChI is InChI=1S/C20H28N4O2/c1-14-13-17(18(25)21-11-8-12-26-5)24-19(22-14)23-16-10-7-6-9-15(16)20(2,3)4/h6-7,9-10,13H,8,11-12H2,1-5H3,(H,21,25)(H,22,23,24). The minimum Gasteiger partial charge on any atom is -0.385 e. The summed E-state index contributed by atoms with van der Waals surface area (Å²) >= 11 is 0. The zero-order chi connectivity index (χ0) is 19.2. The quantitative estimate of drug-likeness (QED) is 0.742. The van der Waals surface area contributed by atoms with E-state index in [1.54, 1.807) is 13.2 Å². The molecule has 6 heteroatoms.